The Morgan fingerprint density at radius 3 is 1.64 bits per heavy atom. The molecule has 0 saturated carbocycles. The van der Waals surface area contributed by atoms with Crippen molar-refractivity contribution in [3.63, 3.8) is 0 Å². The van der Waals surface area contributed by atoms with E-state index < -0.39 is 0 Å². The van der Waals surface area contributed by atoms with Crippen molar-refractivity contribution in [3.05, 3.63) is 158 Å². The number of pyridine rings is 1. The van der Waals surface area contributed by atoms with Crippen molar-refractivity contribution in [1.29, 1.82) is 0 Å². The number of hydrogen-bond donors (Lipinski definition) is 1. The zero-order valence-corrected chi connectivity index (χ0v) is 23.2. The molecule has 8 rings (SSSR count). The van der Waals surface area contributed by atoms with E-state index in [0.717, 1.165) is 23.5 Å². The molecule has 1 aliphatic heterocycles. The first kappa shape index (κ1) is 24.5. The van der Waals surface area contributed by atoms with E-state index in [9.17, 15) is 0 Å². The van der Waals surface area contributed by atoms with Gasteiger partial charge >= 0.3 is 0 Å². The van der Waals surface area contributed by atoms with Gasteiger partial charge in [-0.25, -0.2) is 4.98 Å². The minimum atomic E-state index is 0.908. The fraction of sp³-hybridized carbons (Fsp3) is 0.0250. The van der Waals surface area contributed by atoms with E-state index in [1.807, 2.05) is 0 Å². The molecule has 0 radical (unpaired) electrons. The number of aromatic nitrogens is 1. The lowest BCUT2D eigenvalue weighted by molar-refractivity contribution is -0.576. The predicted octanol–water partition coefficient (Wildman–Crippen LogP) is 9.02. The van der Waals surface area contributed by atoms with Crippen molar-refractivity contribution in [2.24, 2.45) is 0 Å². The summed E-state index contributed by atoms with van der Waals surface area (Å²) >= 11 is 0. The molecule has 0 bridgehead atoms. The van der Waals surface area contributed by atoms with Gasteiger partial charge in [-0.15, -0.1) is 0 Å². The quantitative estimate of drug-likeness (QED) is 0.223. The van der Waals surface area contributed by atoms with Crippen LogP contribution in [0.2, 0.25) is 0 Å². The molecule has 7 aromatic rings. The van der Waals surface area contributed by atoms with Crippen molar-refractivity contribution < 1.29 is 5.32 Å². The molecule has 2 heterocycles. The molecule has 2 heteroatoms. The Morgan fingerprint density at radius 2 is 1.00 bits per heavy atom. The Morgan fingerprint density at radius 1 is 0.452 bits per heavy atom. The van der Waals surface area contributed by atoms with Crippen LogP contribution in [0.15, 0.2) is 152 Å². The summed E-state index contributed by atoms with van der Waals surface area (Å²) in [6.07, 6.45) is 6.36. The monoisotopic (exact) mass is 537 g/mol. The van der Waals surface area contributed by atoms with Gasteiger partial charge in [0.25, 0.3) is 0 Å². The number of fused-ring (bicyclic) bond motifs is 3. The van der Waals surface area contributed by atoms with Crippen LogP contribution in [0.25, 0.3) is 71.4 Å². The summed E-state index contributed by atoms with van der Waals surface area (Å²) in [5.74, 6) is 0. The number of hydrogen-bond acceptors (Lipinski definition) is 1. The number of nitrogens with zero attached hydrogens (tertiary/aromatic N) is 1. The van der Waals surface area contributed by atoms with E-state index in [1.165, 1.54) is 60.1 Å². The van der Waals surface area contributed by atoms with Crippen molar-refractivity contribution in [2.45, 2.75) is 0 Å². The van der Waals surface area contributed by atoms with Crippen molar-refractivity contribution in [2.75, 3.05) is 6.54 Å². The highest BCUT2D eigenvalue weighted by Crippen LogP contribution is 2.46. The van der Waals surface area contributed by atoms with E-state index in [0.29, 0.717) is 0 Å². The minimum Gasteiger partial charge on any atom is -0.316 e. The Balaban J connectivity index is 1.40. The topological polar surface area (TPSA) is 29.5 Å². The molecular weight excluding hydrogens is 508 g/mol. The van der Waals surface area contributed by atoms with Gasteiger partial charge in [0.2, 0.25) is 0 Å². The third-order valence-electron chi connectivity index (χ3n) is 8.42. The van der Waals surface area contributed by atoms with Crippen LogP contribution in [0.3, 0.4) is 0 Å². The highest BCUT2D eigenvalue weighted by molar-refractivity contribution is 6.24. The van der Waals surface area contributed by atoms with Crippen LogP contribution in [0, 0.1) is 0 Å². The normalized spacial score (nSPS) is 13.1. The van der Waals surface area contributed by atoms with Crippen molar-refractivity contribution >= 4 is 37.9 Å². The molecule has 0 unspecified atom stereocenters. The summed E-state index contributed by atoms with van der Waals surface area (Å²) in [5, 5.41) is 9.70. The predicted molar refractivity (Wildman–Crippen MR) is 177 cm³/mol. The second kappa shape index (κ2) is 10.3. The minimum absolute atomic E-state index is 0.908. The van der Waals surface area contributed by atoms with E-state index in [4.69, 9.17) is 4.98 Å². The zero-order valence-electron chi connectivity index (χ0n) is 23.2. The fourth-order valence-corrected chi connectivity index (χ4v) is 6.54. The van der Waals surface area contributed by atoms with Crippen LogP contribution in [0.1, 0.15) is 5.69 Å². The highest BCUT2D eigenvalue weighted by atomic mass is 14.8. The summed E-state index contributed by atoms with van der Waals surface area (Å²) < 4.78 is 0. The Bertz CT molecular complexity index is 2130. The molecule has 0 saturated heterocycles. The van der Waals surface area contributed by atoms with Crippen molar-refractivity contribution in [3.8, 4) is 33.5 Å². The second-order valence-corrected chi connectivity index (χ2v) is 10.8. The first-order valence-corrected chi connectivity index (χ1v) is 14.5. The van der Waals surface area contributed by atoms with Gasteiger partial charge < -0.3 is 5.32 Å². The summed E-state index contributed by atoms with van der Waals surface area (Å²) in [7, 11) is 0. The molecule has 1 aliphatic rings. The molecule has 42 heavy (non-hydrogen) atoms. The number of allylic oxidation sites excluding steroid dienone is 2. The second-order valence-electron chi connectivity index (χ2n) is 10.8. The first-order valence-electron chi connectivity index (χ1n) is 14.5. The number of nitrogens with two attached hydrogens (primary N) is 1. The Hall–Kier alpha value is -5.31. The Kier molecular flexibility index (Phi) is 5.98. The molecule has 2 nitrogen and oxygen atoms in total. The fourth-order valence-electron chi connectivity index (χ4n) is 6.54. The molecule has 0 aliphatic carbocycles. The average molecular weight is 538 g/mol. The van der Waals surface area contributed by atoms with Crippen LogP contribution in [-0.2, 0) is 0 Å². The van der Waals surface area contributed by atoms with Crippen LogP contribution in [-0.4, -0.2) is 11.5 Å². The average Bonchev–Trinajstić information content (AvgIpc) is 3.07. The van der Waals surface area contributed by atoms with Gasteiger partial charge in [-0.2, -0.15) is 0 Å². The van der Waals surface area contributed by atoms with Gasteiger partial charge in [0, 0.05) is 11.1 Å². The van der Waals surface area contributed by atoms with Crippen LogP contribution in [0.5, 0.6) is 0 Å². The number of rotatable bonds is 4. The molecule has 1 aromatic heterocycles. The van der Waals surface area contributed by atoms with E-state index in [-0.39, 0.29) is 0 Å². The molecule has 2 N–H and O–H groups in total. The van der Waals surface area contributed by atoms with E-state index >= 15 is 0 Å². The summed E-state index contributed by atoms with van der Waals surface area (Å²) in [5.41, 5.74) is 9.49. The van der Waals surface area contributed by atoms with Crippen LogP contribution in [0.4, 0.5) is 0 Å². The van der Waals surface area contributed by atoms with E-state index in [2.05, 4.69) is 157 Å². The molecular formula is C40H29N2+. The molecule has 0 amide bonds. The smallest absolute Gasteiger partial charge is 0.108 e. The molecule has 6 aromatic carbocycles. The van der Waals surface area contributed by atoms with Gasteiger partial charge in [-0.05, 0) is 78.9 Å². The first-order chi connectivity index (χ1) is 20.9. The van der Waals surface area contributed by atoms with Crippen LogP contribution < -0.4 is 5.32 Å². The molecule has 198 valence electrons. The van der Waals surface area contributed by atoms with Crippen LogP contribution >= 0.6 is 0 Å². The summed E-state index contributed by atoms with van der Waals surface area (Å²) in [6, 6.07) is 48.2. The van der Waals surface area contributed by atoms with Gasteiger partial charge in [-0.1, -0.05) is 121 Å². The van der Waals surface area contributed by atoms with Gasteiger partial charge in [0.1, 0.15) is 6.54 Å². The van der Waals surface area contributed by atoms with Gasteiger partial charge in [-0.3, -0.25) is 0 Å². The maximum absolute atomic E-state index is 5.14. The largest absolute Gasteiger partial charge is 0.316 e. The lowest BCUT2D eigenvalue weighted by atomic mass is 9.84. The standard InChI is InChI=1S/C40H28N2/c1-2-12-27(13-3-1)39-32-17-6-8-19-34(32)40(35-20-9-7-18-33(35)39)36-24-23-31(29-15-4-5-16-30(29)36)38-22-10-21-37(42-38)28-14-11-25-41-26-28/h1-25,41H,26H2/p+1. The highest BCUT2D eigenvalue weighted by Gasteiger charge is 2.19. The summed E-state index contributed by atoms with van der Waals surface area (Å²) in [6.45, 7) is 0.908. The molecule has 0 spiro atoms. The maximum Gasteiger partial charge on any atom is 0.108 e. The molecule has 0 fully saturated rings. The lowest BCUT2D eigenvalue weighted by Gasteiger charge is -2.19. The maximum atomic E-state index is 5.14. The SMILES string of the molecule is C1=C[NH2+]CC(c2cccc(-c3ccc(-c4c5ccccc5c(-c5ccccc5)c5ccccc45)c4ccccc34)n2)=C1. The number of quaternary nitrogens is 1. The number of benzene rings is 6. The van der Waals surface area contributed by atoms with Gasteiger partial charge in [0.05, 0.1) is 17.6 Å². The summed E-state index contributed by atoms with van der Waals surface area (Å²) in [4.78, 5) is 5.14. The van der Waals surface area contributed by atoms with Crippen molar-refractivity contribution in [1.82, 2.24) is 4.98 Å². The van der Waals surface area contributed by atoms with Gasteiger partial charge in [0.15, 0.2) is 0 Å². The third kappa shape index (κ3) is 4.04. The van der Waals surface area contributed by atoms with E-state index in [1.54, 1.807) is 0 Å². The zero-order chi connectivity index (χ0) is 27.9. The lowest BCUT2D eigenvalue weighted by Crippen LogP contribution is -2.78. The third-order valence-corrected chi connectivity index (χ3v) is 8.42. The molecule has 0 atom stereocenters. The Labute approximate surface area is 245 Å².